The van der Waals surface area contributed by atoms with Gasteiger partial charge in [0.25, 0.3) is 5.56 Å². The van der Waals surface area contributed by atoms with Crippen molar-refractivity contribution in [3.63, 3.8) is 0 Å². The Kier molecular flexibility index (Phi) is 2.48. The molecule has 0 fully saturated rings. The highest BCUT2D eigenvalue weighted by atomic mass is 79.9. The maximum atomic E-state index is 11.5. The van der Waals surface area contributed by atoms with E-state index in [0.29, 0.717) is 22.8 Å². The molecule has 1 N–H and O–H groups in total. The highest BCUT2D eigenvalue weighted by Crippen LogP contribution is 2.25. The summed E-state index contributed by atoms with van der Waals surface area (Å²) in [4.78, 5) is 18.4. The summed E-state index contributed by atoms with van der Waals surface area (Å²) in [6.07, 6.45) is 1.54. The molecule has 0 aliphatic heterocycles. The second kappa shape index (κ2) is 3.66. The van der Waals surface area contributed by atoms with Gasteiger partial charge >= 0.3 is 0 Å². The number of hydrogen-bond donors (Lipinski definition) is 1. The predicted octanol–water partition coefficient (Wildman–Crippen LogP) is 2.41. The second-order valence-electron chi connectivity index (χ2n) is 3.22. The Balaban J connectivity index is 2.66. The number of aryl methyl sites for hydroxylation is 1. The van der Waals surface area contributed by atoms with E-state index in [9.17, 15) is 4.79 Å². The lowest BCUT2D eigenvalue weighted by Crippen LogP contribution is -2.14. The summed E-state index contributed by atoms with van der Waals surface area (Å²) >= 11 is 3.31. The molecule has 0 bridgehead atoms. The fraction of sp³-hybridized carbons (Fsp3) is 0.200. The van der Waals surface area contributed by atoms with Gasteiger partial charge in [0.1, 0.15) is 0 Å². The van der Waals surface area contributed by atoms with Crippen molar-refractivity contribution in [1.82, 2.24) is 9.97 Å². The van der Waals surface area contributed by atoms with Crippen molar-refractivity contribution in [2.24, 2.45) is 0 Å². The maximum Gasteiger partial charge on any atom is 0.254 e. The van der Waals surface area contributed by atoms with Crippen molar-refractivity contribution >= 4 is 15.9 Å². The summed E-state index contributed by atoms with van der Waals surface area (Å²) in [5, 5.41) is 0. The van der Waals surface area contributed by atoms with Crippen molar-refractivity contribution in [2.45, 2.75) is 13.8 Å². The molecule has 0 aliphatic carbocycles. The van der Waals surface area contributed by atoms with Crippen LogP contribution in [0.5, 0.6) is 0 Å². The van der Waals surface area contributed by atoms with Gasteiger partial charge in [-0.05, 0) is 35.8 Å². The molecule has 0 spiro atoms. The van der Waals surface area contributed by atoms with E-state index in [2.05, 4.69) is 25.9 Å². The Morgan fingerprint density at radius 3 is 2.73 bits per heavy atom. The van der Waals surface area contributed by atoms with E-state index in [0.717, 1.165) is 4.47 Å². The topological polar surface area (TPSA) is 58.9 Å². The monoisotopic (exact) mass is 268 g/mol. The zero-order chi connectivity index (χ0) is 11.0. The van der Waals surface area contributed by atoms with Gasteiger partial charge in [-0.1, -0.05) is 0 Å². The third-order valence-electron chi connectivity index (χ3n) is 2.23. The minimum Gasteiger partial charge on any atom is -0.460 e. The number of nitrogens with one attached hydrogen (secondary N) is 1. The van der Waals surface area contributed by atoms with E-state index < -0.39 is 0 Å². The first kappa shape index (κ1) is 10.2. The van der Waals surface area contributed by atoms with Crippen LogP contribution in [-0.2, 0) is 0 Å². The molecule has 0 unspecified atom stereocenters. The Morgan fingerprint density at radius 2 is 2.20 bits per heavy atom. The van der Waals surface area contributed by atoms with Crippen LogP contribution in [0.4, 0.5) is 0 Å². The zero-order valence-electron chi connectivity index (χ0n) is 8.30. The van der Waals surface area contributed by atoms with Crippen LogP contribution in [-0.4, -0.2) is 9.97 Å². The minimum atomic E-state index is -0.138. The third kappa shape index (κ3) is 1.74. The van der Waals surface area contributed by atoms with Gasteiger partial charge in [-0.25, -0.2) is 4.98 Å². The Bertz CT molecular complexity index is 557. The molecule has 0 atom stereocenters. The van der Waals surface area contributed by atoms with Gasteiger partial charge in [0.05, 0.1) is 10.7 Å². The fourth-order valence-corrected chi connectivity index (χ4v) is 1.60. The van der Waals surface area contributed by atoms with E-state index >= 15 is 0 Å². The molecule has 15 heavy (non-hydrogen) atoms. The van der Waals surface area contributed by atoms with Crippen molar-refractivity contribution < 1.29 is 4.42 Å². The molecule has 2 heterocycles. The molecular formula is C10H9BrN2O2. The standard InChI is InChI=1S/C10H9BrN2O2/c1-5-6(2)12-9(13-10(5)14)8-7(11)3-4-15-8/h3-4H,1-2H3,(H,12,13,14). The van der Waals surface area contributed by atoms with Crippen molar-refractivity contribution in [3.05, 3.63) is 38.4 Å². The van der Waals surface area contributed by atoms with E-state index in [1.54, 1.807) is 19.9 Å². The van der Waals surface area contributed by atoms with Gasteiger partial charge in [-0.2, -0.15) is 0 Å². The summed E-state index contributed by atoms with van der Waals surface area (Å²) in [5.41, 5.74) is 1.19. The molecule has 0 aromatic carbocycles. The van der Waals surface area contributed by atoms with Crippen LogP contribution in [0.15, 0.2) is 26.0 Å². The number of H-pyrrole nitrogens is 1. The van der Waals surface area contributed by atoms with Gasteiger partial charge in [0.15, 0.2) is 11.6 Å². The predicted molar refractivity (Wildman–Crippen MR) is 59.7 cm³/mol. The van der Waals surface area contributed by atoms with E-state index in [1.165, 1.54) is 6.26 Å². The lowest BCUT2D eigenvalue weighted by molar-refractivity contribution is 0.575. The van der Waals surface area contributed by atoms with Crippen LogP contribution < -0.4 is 5.56 Å². The van der Waals surface area contributed by atoms with E-state index in [-0.39, 0.29) is 5.56 Å². The molecule has 0 aliphatic rings. The maximum absolute atomic E-state index is 11.5. The fourth-order valence-electron chi connectivity index (χ4n) is 1.22. The lowest BCUT2D eigenvalue weighted by Gasteiger charge is -2.01. The van der Waals surface area contributed by atoms with E-state index in [1.807, 2.05) is 0 Å². The molecule has 0 amide bonds. The number of aromatic amines is 1. The number of nitrogens with zero attached hydrogens (tertiary/aromatic N) is 1. The summed E-state index contributed by atoms with van der Waals surface area (Å²) in [6, 6.07) is 1.75. The normalized spacial score (nSPS) is 10.6. The minimum absolute atomic E-state index is 0.138. The van der Waals surface area contributed by atoms with Gasteiger partial charge in [-0.3, -0.25) is 4.79 Å². The lowest BCUT2D eigenvalue weighted by atomic mass is 10.2. The summed E-state index contributed by atoms with van der Waals surface area (Å²) in [6.45, 7) is 3.53. The number of aromatic nitrogens is 2. The number of halogens is 1. The summed E-state index contributed by atoms with van der Waals surface area (Å²) < 4.78 is 5.99. The first-order chi connectivity index (χ1) is 7.09. The summed E-state index contributed by atoms with van der Waals surface area (Å²) in [5.74, 6) is 0.982. The van der Waals surface area contributed by atoms with Gasteiger partial charge in [0, 0.05) is 11.3 Å². The molecule has 0 radical (unpaired) electrons. The van der Waals surface area contributed by atoms with Gasteiger partial charge in [-0.15, -0.1) is 0 Å². The smallest absolute Gasteiger partial charge is 0.254 e. The highest BCUT2D eigenvalue weighted by molar-refractivity contribution is 9.10. The molecule has 2 aromatic rings. The number of hydrogen-bond acceptors (Lipinski definition) is 3. The van der Waals surface area contributed by atoms with Gasteiger partial charge in [0.2, 0.25) is 0 Å². The van der Waals surface area contributed by atoms with Crippen molar-refractivity contribution in [1.29, 1.82) is 0 Å². The molecule has 2 rings (SSSR count). The van der Waals surface area contributed by atoms with Crippen molar-refractivity contribution in [3.8, 4) is 11.6 Å². The average Bonchev–Trinajstić information content (AvgIpc) is 2.60. The molecule has 5 heteroatoms. The highest BCUT2D eigenvalue weighted by Gasteiger charge is 2.11. The molecule has 0 saturated carbocycles. The Hall–Kier alpha value is -1.36. The Labute approximate surface area is 94.5 Å². The number of rotatable bonds is 1. The zero-order valence-corrected chi connectivity index (χ0v) is 9.88. The van der Waals surface area contributed by atoms with Crippen LogP contribution in [0, 0.1) is 13.8 Å². The molecular weight excluding hydrogens is 260 g/mol. The first-order valence-corrected chi connectivity index (χ1v) is 5.20. The quantitative estimate of drug-likeness (QED) is 0.864. The van der Waals surface area contributed by atoms with Crippen LogP contribution >= 0.6 is 15.9 Å². The second-order valence-corrected chi connectivity index (χ2v) is 4.08. The molecule has 78 valence electrons. The molecule has 2 aromatic heterocycles. The average molecular weight is 269 g/mol. The third-order valence-corrected chi connectivity index (χ3v) is 2.85. The molecule has 0 saturated heterocycles. The van der Waals surface area contributed by atoms with Gasteiger partial charge < -0.3 is 9.40 Å². The van der Waals surface area contributed by atoms with Crippen molar-refractivity contribution in [2.75, 3.05) is 0 Å². The summed E-state index contributed by atoms with van der Waals surface area (Å²) in [7, 11) is 0. The van der Waals surface area contributed by atoms with E-state index in [4.69, 9.17) is 4.42 Å². The van der Waals surface area contributed by atoms with Crippen LogP contribution in [0.1, 0.15) is 11.3 Å². The largest absolute Gasteiger partial charge is 0.460 e. The SMILES string of the molecule is Cc1nc(-c2occc2Br)[nH]c(=O)c1C. The van der Waals surface area contributed by atoms with Crippen LogP contribution in [0.3, 0.4) is 0 Å². The number of furan rings is 1. The molecule has 4 nitrogen and oxygen atoms in total. The Morgan fingerprint density at radius 1 is 1.47 bits per heavy atom. The van der Waals surface area contributed by atoms with Crippen LogP contribution in [0.2, 0.25) is 0 Å². The van der Waals surface area contributed by atoms with Crippen LogP contribution in [0.25, 0.3) is 11.6 Å². The first-order valence-electron chi connectivity index (χ1n) is 4.40.